The summed E-state index contributed by atoms with van der Waals surface area (Å²) in [6, 6.07) is 7.26. The van der Waals surface area contributed by atoms with Crippen LogP contribution in [0.3, 0.4) is 0 Å². The van der Waals surface area contributed by atoms with Gasteiger partial charge >= 0.3 is 6.18 Å². The third-order valence-electron chi connectivity index (χ3n) is 2.39. The van der Waals surface area contributed by atoms with Crippen molar-refractivity contribution in [1.82, 2.24) is 0 Å². The first-order chi connectivity index (χ1) is 6.98. The number of benzene rings is 1. The van der Waals surface area contributed by atoms with Crippen molar-refractivity contribution in [2.24, 2.45) is 0 Å². The number of aliphatic hydroxyl groups is 1. The Morgan fingerprint density at radius 3 is 2.07 bits per heavy atom. The second-order valence-electron chi connectivity index (χ2n) is 3.20. The van der Waals surface area contributed by atoms with Gasteiger partial charge in [-0.2, -0.15) is 13.2 Å². The van der Waals surface area contributed by atoms with E-state index < -0.39 is 18.2 Å². The summed E-state index contributed by atoms with van der Waals surface area (Å²) in [5.74, 6) is 0. The van der Waals surface area contributed by atoms with Crippen molar-refractivity contribution in [2.45, 2.75) is 11.6 Å². The molecule has 1 rings (SSSR count). The van der Waals surface area contributed by atoms with Crippen LogP contribution in [0.15, 0.2) is 43.0 Å². The number of aliphatic hydroxyl groups excluding tert-OH is 1. The SMILES string of the molecule is C=CC(CO)(c1ccccc1)C(F)(F)F. The van der Waals surface area contributed by atoms with E-state index in [1.165, 1.54) is 24.3 Å². The van der Waals surface area contributed by atoms with E-state index in [4.69, 9.17) is 5.11 Å². The van der Waals surface area contributed by atoms with Gasteiger partial charge in [-0.15, -0.1) is 6.58 Å². The van der Waals surface area contributed by atoms with E-state index in [1.54, 1.807) is 6.07 Å². The predicted octanol–water partition coefficient (Wildman–Crippen LogP) is 2.67. The van der Waals surface area contributed by atoms with Crippen molar-refractivity contribution in [3.8, 4) is 0 Å². The average Bonchev–Trinajstić information content (AvgIpc) is 2.20. The molecule has 1 atom stereocenters. The highest BCUT2D eigenvalue weighted by Crippen LogP contribution is 2.41. The Hall–Kier alpha value is -1.29. The molecule has 0 saturated carbocycles. The Labute approximate surface area is 85.9 Å². The Morgan fingerprint density at radius 2 is 1.73 bits per heavy atom. The van der Waals surface area contributed by atoms with E-state index in [0.717, 1.165) is 6.08 Å². The van der Waals surface area contributed by atoms with Crippen molar-refractivity contribution >= 4 is 0 Å². The second kappa shape index (κ2) is 4.06. The standard InChI is InChI=1S/C11H11F3O/c1-2-10(8-15,11(12,13)14)9-6-4-3-5-7-9/h2-7,15H,1,8H2. The lowest BCUT2D eigenvalue weighted by Gasteiger charge is -2.31. The zero-order valence-corrected chi connectivity index (χ0v) is 7.96. The Bertz CT molecular complexity index is 331. The molecule has 15 heavy (non-hydrogen) atoms. The normalized spacial score (nSPS) is 15.7. The van der Waals surface area contributed by atoms with Crippen LogP contribution in [-0.4, -0.2) is 17.9 Å². The minimum Gasteiger partial charge on any atom is -0.395 e. The van der Waals surface area contributed by atoms with Gasteiger partial charge in [-0.05, 0) is 5.56 Å². The van der Waals surface area contributed by atoms with E-state index in [1.807, 2.05) is 0 Å². The molecular weight excluding hydrogens is 205 g/mol. The van der Waals surface area contributed by atoms with Crippen molar-refractivity contribution < 1.29 is 18.3 Å². The van der Waals surface area contributed by atoms with Crippen LogP contribution in [0.4, 0.5) is 13.2 Å². The molecule has 1 unspecified atom stereocenters. The fourth-order valence-corrected chi connectivity index (χ4v) is 1.38. The third kappa shape index (κ3) is 1.90. The molecule has 0 amide bonds. The lowest BCUT2D eigenvalue weighted by atomic mass is 9.80. The highest BCUT2D eigenvalue weighted by Gasteiger charge is 2.53. The lowest BCUT2D eigenvalue weighted by Crippen LogP contribution is -2.43. The molecule has 1 N–H and O–H groups in total. The molecule has 82 valence electrons. The summed E-state index contributed by atoms with van der Waals surface area (Å²) in [4.78, 5) is 0. The van der Waals surface area contributed by atoms with Gasteiger partial charge in [-0.3, -0.25) is 0 Å². The number of hydrogen-bond donors (Lipinski definition) is 1. The second-order valence-corrected chi connectivity index (χ2v) is 3.20. The van der Waals surface area contributed by atoms with Crippen LogP contribution in [0, 0.1) is 0 Å². The van der Waals surface area contributed by atoms with Crippen LogP contribution in [0.2, 0.25) is 0 Å². The number of hydrogen-bond acceptors (Lipinski definition) is 1. The largest absolute Gasteiger partial charge is 0.404 e. The van der Waals surface area contributed by atoms with E-state index in [0.29, 0.717) is 0 Å². The molecular formula is C11H11F3O. The van der Waals surface area contributed by atoms with Crippen molar-refractivity contribution in [1.29, 1.82) is 0 Å². The molecule has 0 aliphatic rings. The minimum absolute atomic E-state index is 0.00463. The Kier molecular flexibility index (Phi) is 3.19. The van der Waals surface area contributed by atoms with E-state index in [9.17, 15) is 13.2 Å². The van der Waals surface area contributed by atoms with Gasteiger partial charge in [0.15, 0.2) is 0 Å². The smallest absolute Gasteiger partial charge is 0.395 e. The van der Waals surface area contributed by atoms with Gasteiger partial charge in [0.25, 0.3) is 0 Å². The molecule has 0 bridgehead atoms. The molecule has 0 aromatic heterocycles. The third-order valence-corrected chi connectivity index (χ3v) is 2.39. The summed E-state index contributed by atoms with van der Waals surface area (Å²) in [6.45, 7) is 2.13. The highest BCUT2D eigenvalue weighted by atomic mass is 19.4. The molecule has 0 saturated heterocycles. The van der Waals surface area contributed by atoms with Gasteiger partial charge < -0.3 is 5.11 Å². The van der Waals surface area contributed by atoms with Gasteiger partial charge in [0.05, 0.1) is 6.61 Å². The lowest BCUT2D eigenvalue weighted by molar-refractivity contribution is -0.185. The Balaban J connectivity index is 3.30. The summed E-state index contributed by atoms with van der Waals surface area (Å²) in [6.07, 6.45) is -3.81. The quantitative estimate of drug-likeness (QED) is 0.770. The predicted molar refractivity (Wildman–Crippen MR) is 51.5 cm³/mol. The van der Waals surface area contributed by atoms with Crippen LogP contribution in [0.5, 0.6) is 0 Å². The molecule has 1 nitrogen and oxygen atoms in total. The maximum Gasteiger partial charge on any atom is 0.404 e. The Morgan fingerprint density at radius 1 is 1.20 bits per heavy atom. The van der Waals surface area contributed by atoms with Gasteiger partial charge in [-0.25, -0.2) is 0 Å². The number of alkyl halides is 3. The molecule has 0 heterocycles. The molecule has 0 aliphatic carbocycles. The van der Waals surface area contributed by atoms with Crippen LogP contribution in [0.1, 0.15) is 5.56 Å². The number of rotatable bonds is 3. The van der Waals surface area contributed by atoms with Crippen LogP contribution in [0.25, 0.3) is 0 Å². The highest BCUT2D eigenvalue weighted by molar-refractivity contribution is 5.32. The fraction of sp³-hybridized carbons (Fsp3) is 0.273. The molecule has 0 aliphatic heterocycles. The van der Waals surface area contributed by atoms with Crippen molar-refractivity contribution in [3.05, 3.63) is 48.6 Å². The summed E-state index contributed by atoms with van der Waals surface area (Å²) < 4.78 is 38.5. The fourth-order valence-electron chi connectivity index (χ4n) is 1.38. The van der Waals surface area contributed by atoms with E-state index in [2.05, 4.69) is 6.58 Å². The van der Waals surface area contributed by atoms with Crippen LogP contribution < -0.4 is 0 Å². The molecule has 4 heteroatoms. The van der Waals surface area contributed by atoms with Crippen molar-refractivity contribution in [3.63, 3.8) is 0 Å². The molecule has 0 fully saturated rings. The summed E-state index contributed by atoms with van der Waals surface area (Å²) in [7, 11) is 0. The monoisotopic (exact) mass is 216 g/mol. The zero-order chi connectivity index (χ0) is 11.5. The van der Waals surface area contributed by atoms with Crippen LogP contribution in [-0.2, 0) is 5.41 Å². The van der Waals surface area contributed by atoms with Gasteiger partial charge in [0.2, 0.25) is 0 Å². The summed E-state index contributed by atoms with van der Waals surface area (Å²) in [5, 5.41) is 8.97. The van der Waals surface area contributed by atoms with Crippen molar-refractivity contribution in [2.75, 3.05) is 6.61 Å². The van der Waals surface area contributed by atoms with E-state index in [-0.39, 0.29) is 5.56 Å². The molecule has 1 aromatic carbocycles. The maximum absolute atomic E-state index is 12.8. The summed E-state index contributed by atoms with van der Waals surface area (Å²) in [5.41, 5.74) is -2.37. The summed E-state index contributed by atoms with van der Waals surface area (Å²) >= 11 is 0. The van der Waals surface area contributed by atoms with Gasteiger partial charge in [-0.1, -0.05) is 36.4 Å². The number of halogens is 3. The van der Waals surface area contributed by atoms with Crippen LogP contribution >= 0.6 is 0 Å². The van der Waals surface area contributed by atoms with Gasteiger partial charge in [0, 0.05) is 0 Å². The van der Waals surface area contributed by atoms with E-state index >= 15 is 0 Å². The molecule has 0 radical (unpaired) electrons. The molecule has 0 spiro atoms. The topological polar surface area (TPSA) is 20.2 Å². The first-order valence-corrected chi connectivity index (χ1v) is 4.34. The first kappa shape index (κ1) is 11.8. The zero-order valence-electron chi connectivity index (χ0n) is 7.96. The minimum atomic E-state index is -4.55. The molecule has 1 aromatic rings. The average molecular weight is 216 g/mol. The maximum atomic E-state index is 12.8. The van der Waals surface area contributed by atoms with Gasteiger partial charge in [0.1, 0.15) is 5.41 Å². The first-order valence-electron chi connectivity index (χ1n) is 4.34.